The van der Waals surface area contributed by atoms with Crippen LogP contribution in [0, 0.1) is 0 Å². The Hall–Kier alpha value is -3.93. The van der Waals surface area contributed by atoms with Crippen LogP contribution in [-0.2, 0) is 24.3 Å². The first kappa shape index (κ1) is 34.5. The highest BCUT2D eigenvalue weighted by Crippen LogP contribution is 2.45. The van der Waals surface area contributed by atoms with Crippen LogP contribution in [0.15, 0.2) is 54.6 Å². The van der Waals surface area contributed by atoms with Gasteiger partial charge in [-0.2, -0.15) is 4.98 Å². The third kappa shape index (κ3) is 7.13. The molecule has 2 aromatic heterocycles. The summed E-state index contributed by atoms with van der Waals surface area (Å²) in [5.41, 5.74) is 6.83. The first-order chi connectivity index (χ1) is 24.1. The Bertz CT molecular complexity index is 1910. The van der Waals surface area contributed by atoms with Gasteiger partial charge in [-0.25, -0.2) is 4.98 Å². The quantitative estimate of drug-likeness (QED) is 0.159. The summed E-state index contributed by atoms with van der Waals surface area (Å²) in [6.45, 7) is 4.82. The topological polar surface area (TPSA) is 118 Å². The molecule has 0 radical (unpaired) electrons. The Balaban J connectivity index is 1.09. The van der Waals surface area contributed by atoms with Crippen molar-refractivity contribution < 1.29 is 24.1 Å². The van der Waals surface area contributed by atoms with E-state index in [1.165, 1.54) is 5.56 Å². The SMILES string of the molecule is COc1nc(-c2cccc(-c3cccc4c3CC[C@@H]4Oc3nc(OC)c(CN4CC(C)(O)C4)cc3Cl)c2Cl)ccc1CNC[C@@H]1CCC(=O)N1. The fourth-order valence-corrected chi connectivity index (χ4v) is 7.89. The van der Waals surface area contributed by atoms with E-state index in [0.29, 0.717) is 72.5 Å². The minimum atomic E-state index is -0.667. The summed E-state index contributed by atoms with van der Waals surface area (Å²) in [6, 6.07) is 18.2. The largest absolute Gasteiger partial charge is 0.481 e. The fourth-order valence-electron chi connectivity index (χ4n) is 7.34. The summed E-state index contributed by atoms with van der Waals surface area (Å²) in [4.78, 5) is 23.1. The summed E-state index contributed by atoms with van der Waals surface area (Å²) in [5.74, 6) is 1.42. The number of hydrogen-bond donors (Lipinski definition) is 3. The monoisotopic (exact) mass is 717 g/mol. The maximum atomic E-state index is 11.5. The maximum Gasteiger partial charge on any atom is 0.236 e. The highest BCUT2D eigenvalue weighted by atomic mass is 35.5. The van der Waals surface area contributed by atoms with Crippen molar-refractivity contribution in [3.63, 3.8) is 0 Å². The van der Waals surface area contributed by atoms with Crippen LogP contribution in [0.4, 0.5) is 0 Å². The average molecular weight is 719 g/mol. The number of amides is 1. The molecule has 0 unspecified atom stereocenters. The summed E-state index contributed by atoms with van der Waals surface area (Å²) in [5, 5.41) is 17.5. The number of ether oxygens (including phenoxy) is 3. The molecule has 262 valence electrons. The lowest BCUT2D eigenvalue weighted by Crippen LogP contribution is -2.59. The Morgan fingerprint density at radius 3 is 2.42 bits per heavy atom. The number of β-amino-alcohol motifs (C(OH)–C–C–N with tert-alkyl or cyclic N) is 1. The van der Waals surface area contributed by atoms with Gasteiger partial charge in [0, 0.05) is 67.4 Å². The van der Waals surface area contributed by atoms with E-state index in [-0.39, 0.29) is 18.1 Å². The van der Waals surface area contributed by atoms with Crippen LogP contribution >= 0.6 is 23.2 Å². The normalized spacial score (nSPS) is 19.5. The molecule has 2 aromatic carbocycles. The Kier molecular flexibility index (Phi) is 9.91. The van der Waals surface area contributed by atoms with Gasteiger partial charge in [0.25, 0.3) is 0 Å². The van der Waals surface area contributed by atoms with E-state index >= 15 is 0 Å². The zero-order valence-corrected chi connectivity index (χ0v) is 29.9. The summed E-state index contributed by atoms with van der Waals surface area (Å²) in [6.07, 6.45) is 2.74. The summed E-state index contributed by atoms with van der Waals surface area (Å²) < 4.78 is 17.7. The van der Waals surface area contributed by atoms with E-state index in [2.05, 4.69) is 32.7 Å². The molecule has 1 amide bonds. The molecule has 4 heterocycles. The third-order valence-corrected chi connectivity index (χ3v) is 10.3. The number of pyridine rings is 2. The van der Waals surface area contributed by atoms with E-state index in [0.717, 1.165) is 52.6 Å². The molecule has 50 heavy (non-hydrogen) atoms. The molecule has 10 nitrogen and oxygen atoms in total. The number of halogens is 2. The first-order valence-corrected chi connectivity index (χ1v) is 17.7. The third-order valence-electron chi connectivity index (χ3n) is 9.66. The molecule has 2 saturated heterocycles. The van der Waals surface area contributed by atoms with Crippen LogP contribution in [0.1, 0.15) is 54.5 Å². The van der Waals surface area contributed by atoms with Crippen LogP contribution in [0.2, 0.25) is 10.0 Å². The van der Waals surface area contributed by atoms with Crippen LogP contribution in [0.3, 0.4) is 0 Å². The average Bonchev–Trinajstić information content (AvgIpc) is 3.70. The van der Waals surface area contributed by atoms with Gasteiger partial charge in [-0.1, -0.05) is 65.7 Å². The van der Waals surface area contributed by atoms with E-state index in [1.807, 2.05) is 49.4 Å². The van der Waals surface area contributed by atoms with Gasteiger partial charge in [0.1, 0.15) is 11.1 Å². The summed E-state index contributed by atoms with van der Waals surface area (Å²) in [7, 11) is 3.20. The number of aromatic nitrogens is 2. The molecule has 3 aliphatic rings. The lowest BCUT2D eigenvalue weighted by molar-refractivity contribution is -0.119. The molecule has 7 rings (SSSR count). The van der Waals surface area contributed by atoms with Crippen molar-refractivity contribution in [3.8, 4) is 40.0 Å². The Morgan fingerprint density at radius 1 is 0.940 bits per heavy atom. The number of methoxy groups -OCH3 is 2. The first-order valence-electron chi connectivity index (χ1n) is 16.9. The van der Waals surface area contributed by atoms with Gasteiger partial charge < -0.3 is 30.0 Å². The maximum absolute atomic E-state index is 11.5. The number of fused-ring (bicyclic) bond motifs is 1. The summed E-state index contributed by atoms with van der Waals surface area (Å²) >= 11 is 13.9. The van der Waals surface area contributed by atoms with Gasteiger partial charge in [-0.15, -0.1) is 0 Å². The van der Waals surface area contributed by atoms with Gasteiger partial charge in [0.15, 0.2) is 0 Å². The highest BCUT2D eigenvalue weighted by Gasteiger charge is 2.37. The second kappa shape index (κ2) is 14.4. The van der Waals surface area contributed by atoms with Gasteiger partial charge >= 0.3 is 0 Å². The van der Waals surface area contributed by atoms with Crippen molar-refractivity contribution in [1.82, 2.24) is 25.5 Å². The van der Waals surface area contributed by atoms with Crippen LogP contribution in [0.5, 0.6) is 17.6 Å². The molecular formula is C38H41Cl2N5O5. The minimum Gasteiger partial charge on any atom is -0.481 e. The lowest BCUT2D eigenvalue weighted by Gasteiger charge is -2.44. The molecule has 2 atom stereocenters. The predicted molar refractivity (Wildman–Crippen MR) is 193 cm³/mol. The fraction of sp³-hybridized carbons (Fsp3) is 0.395. The smallest absolute Gasteiger partial charge is 0.236 e. The van der Waals surface area contributed by atoms with Crippen molar-refractivity contribution in [2.75, 3.05) is 33.9 Å². The number of nitrogens with zero attached hydrogens (tertiary/aromatic N) is 3. The van der Waals surface area contributed by atoms with Crippen molar-refractivity contribution in [3.05, 3.63) is 86.9 Å². The molecule has 3 N–H and O–H groups in total. The van der Waals surface area contributed by atoms with Crippen LogP contribution in [-0.4, -0.2) is 71.4 Å². The molecule has 2 fully saturated rings. The number of benzene rings is 2. The molecule has 4 aromatic rings. The highest BCUT2D eigenvalue weighted by molar-refractivity contribution is 6.36. The second-order valence-electron chi connectivity index (χ2n) is 13.6. The number of carbonyl (C=O) groups excluding carboxylic acids is 1. The van der Waals surface area contributed by atoms with Gasteiger partial charge in [-0.05, 0) is 55.0 Å². The molecule has 0 bridgehead atoms. The predicted octanol–water partition coefficient (Wildman–Crippen LogP) is 6.14. The van der Waals surface area contributed by atoms with Gasteiger partial charge in [0.2, 0.25) is 23.5 Å². The van der Waals surface area contributed by atoms with Crippen molar-refractivity contribution in [2.24, 2.45) is 0 Å². The van der Waals surface area contributed by atoms with Gasteiger partial charge in [0.05, 0.1) is 30.5 Å². The van der Waals surface area contributed by atoms with Crippen molar-refractivity contribution in [1.29, 1.82) is 0 Å². The van der Waals surface area contributed by atoms with Crippen LogP contribution < -0.4 is 24.8 Å². The number of likely N-dealkylation sites (tertiary alicyclic amines) is 1. The van der Waals surface area contributed by atoms with Crippen molar-refractivity contribution >= 4 is 29.1 Å². The standard InChI is InChI=1S/C38H41Cl2N5O5/c1-38(47)20-45(21-38)19-23-16-30(39)37(44-36(23)49-3)50-32-14-12-26-25(6-4-7-27(26)32)28-8-5-9-29(34(28)40)31-13-10-22(35(43-31)48-2)17-41-18-24-11-15-33(46)42-24/h4-10,13,16,24,32,41,47H,11-12,14-15,17-21H2,1-3H3,(H,42,46)/t24-,32-/m0/s1. The van der Waals surface area contributed by atoms with E-state index in [4.69, 9.17) is 42.4 Å². The van der Waals surface area contributed by atoms with E-state index < -0.39 is 5.60 Å². The number of nitrogens with one attached hydrogen (secondary N) is 2. The van der Waals surface area contributed by atoms with E-state index in [1.54, 1.807) is 14.2 Å². The number of carbonyl (C=O) groups is 1. The number of aliphatic hydroxyl groups is 1. The Labute approximate surface area is 302 Å². The van der Waals surface area contributed by atoms with Gasteiger partial charge in [-0.3, -0.25) is 9.69 Å². The number of rotatable bonds is 12. The molecule has 2 aliphatic heterocycles. The molecular weight excluding hydrogens is 677 g/mol. The molecule has 0 spiro atoms. The van der Waals surface area contributed by atoms with E-state index in [9.17, 15) is 9.90 Å². The minimum absolute atomic E-state index is 0.105. The number of hydrogen-bond acceptors (Lipinski definition) is 9. The van der Waals surface area contributed by atoms with Crippen LogP contribution in [0.25, 0.3) is 22.4 Å². The molecule has 0 saturated carbocycles. The zero-order chi connectivity index (χ0) is 35.0. The zero-order valence-electron chi connectivity index (χ0n) is 28.4. The lowest BCUT2D eigenvalue weighted by atomic mass is 9.94. The van der Waals surface area contributed by atoms with Crippen molar-refractivity contribution in [2.45, 2.75) is 63.4 Å². The Morgan fingerprint density at radius 2 is 1.68 bits per heavy atom. The second-order valence-corrected chi connectivity index (χ2v) is 14.4. The molecule has 12 heteroatoms. The molecule has 1 aliphatic carbocycles.